The number of urea groups is 1. The lowest BCUT2D eigenvalue weighted by Gasteiger charge is -2.20. The lowest BCUT2D eigenvalue weighted by atomic mass is 10.0. The molecule has 3 heterocycles. The molecule has 0 aromatic rings. The summed E-state index contributed by atoms with van der Waals surface area (Å²) < 4.78 is 5.25. The minimum absolute atomic E-state index is 0.102. The van der Waals surface area contributed by atoms with Crippen LogP contribution in [0.4, 0.5) is 4.79 Å². The molecule has 2 N–H and O–H groups in total. The van der Waals surface area contributed by atoms with Gasteiger partial charge in [-0.3, -0.25) is 0 Å². The van der Waals surface area contributed by atoms with Crippen LogP contribution in [0.5, 0.6) is 0 Å². The van der Waals surface area contributed by atoms with E-state index in [1.165, 1.54) is 0 Å². The maximum absolute atomic E-state index is 12.0. The van der Waals surface area contributed by atoms with E-state index < -0.39 is 0 Å². The number of nitrogens with one attached hydrogen (secondary N) is 2. The van der Waals surface area contributed by atoms with Gasteiger partial charge in [0.2, 0.25) is 0 Å². The first-order valence-corrected chi connectivity index (χ1v) is 6.17. The number of nitrogens with zero attached hydrogens (tertiary/aromatic N) is 1. The molecule has 16 heavy (non-hydrogen) atoms. The SMILES string of the molecule is O=C(NC1CCOC1)N1C[C@H]2CNC[C@H]2C1. The van der Waals surface area contributed by atoms with Gasteiger partial charge in [0.25, 0.3) is 0 Å². The zero-order valence-electron chi connectivity index (χ0n) is 9.45. The summed E-state index contributed by atoms with van der Waals surface area (Å²) in [5.41, 5.74) is 0. The normalized spacial score (nSPS) is 37.8. The minimum Gasteiger partial charge on any atom is -0.379 e. The molecule has 0 bridgehead atoms. The summed E-state index contributed by atoms with van der Waals surface area (Å²) in [4.78, 5) is 13.9. The first-order valence-electron chi connectivity index (χ1n) is 6.17. The molecule has 2 amide bonds. The zero-order valence-corrected chi connectivity index (χ0v) is 9.45. The molecular formula is C11H19N3O2. The van der Waals surface area contributed by atoms with Crippen molar-refractivity contribution in [2.45, 2.75) is 12.5 Å². The topological polar surface area (TPSA) is 53.6 Å². The first kappa shape index (κ1) is 10.4. The Labute approximate surface area is 95.5 Å². The third-order valence-corrected chi connectivity index (χ3v) is 3.93. The number of ether oxygens (including phenoxy) is 1. The molecule has 3 rings (SSSR count). The summed E-state index contributed by atoms with van der Waals surface area (Å²) >= 11 is 0. The van der Waals surface area contributed by atoms with Crippen LogP contribution in [0.3, 0.4) is 0 Å². The van der Waals surface area contributed by atoms with Crippen molar-refractivity contribution in [2.75, 3.05) is 39.4 Å². The van der Waals surface area contributed by atoms with Gasteiger partial charge in [0.05, 0.1) is 12.6 Å². The molecule has 0 aromatic carbocycles. The van der Waals surface area contributed by atoms with Crippen LogP contribution in [0.25, 0.3) is 0 Å². The van der Waals surface area contributed by atoms with E-state index in [9.17, 15) is 4.79 Å². The van der Waals surface area contributed by atoms with E-state index >= 15 is 0 Å². The van der Waals surface area contributed by atoms with Crippen molar-refractivity contribution < 1.29 is 9.53 Å². The number of carbonyl (C=O) groups excluding carboxylic acids is 1. The predicted molar refractivity (Wildman–Crippen MR) is 59.2 cm³/mol. The summed E-state index contributed by atoms with van der Waals surface area (Å²) in [5, 5.41) is 6.43. The quantitative estimate of drug-likeness (QED) is 0.640. The fourth-order valence-electron chi connectivity index (χ4n) is 2.94. The highest BCUT2D eigenvalue weighted by atomic mass is 16.5. The molecule has 3 aliphatic rings. The smallest absolute Gasteiger partial charge is 0.317 e. The fraction of sp³-hybridized carbons (Fsp3) is 0.909. The molecule has 3 aliphatic heterocycles. The average Bonchev–Trinajstić information content (AvgIpc) is 2.91. The molecule has 0 radical (unpaired) electrons. The Morgan fingerprint density at radius 3 is 2.69 bits per heavy atom. The standard InChI is InChI=1S/C11H19N3O2/c15-11(13-10-1-2-16-7-10)14-5-8-3-12-4-9(8)6-14/h8-10,12H,1-7H2,(H,13,15)/t8-,9+,10?. The van der Waals surface area contributed by atoms with Gasteiger partial charge in [0.15, 0.2) is 0 Å². The maximum atomic E-state index is 12.0. The summed E-state index contributed by atoms with van der Waals surface area (Å²) in [6.45, 7) is 5.42. The van der Waals surface area contributed by atoms with E-state index in [4.69, 9.17) is 4.74 Å². The molecule has 90 valence electrons. The van der Waals surface area contributed by atoms with Crippen molar-refractivity contribution in [3.05, 3.63) is 0 Å². The Bertz CT molecular complexity index is 266. The largest absolute Gasteiger partial charge is 0.379 e. The summed E-state index contributed by atoms with van der Waals surface area (Å²) in [6.07, 6.45) is 0.952. The minimum atomic E-state index is 0.102. The Kier molecular flexibility index (Phi) is 2.73. The second kappa shape index (κ2) is 4.22. The molecule has 0 aliphatic carbocycles. The second-order valence-corrected chi connectivity index (χ2v) is 5.09. The van der Waals surface area contributed by atoms with Crippen LogP contribution in [-0.2, 0) is 4.74 Å². The van der Waals surface area contributed by atoms with Gasteiger partial charge in [0.1, 0.15) is 0 Å². The van der Waals surface area contributed by atoms with Gasteiger partial charge in [-0.25, -0.2) is 4.79 Å². The van der Waals surface area contributed by atoms with E-state index in [1.807, 2.05) is 4.90 Å². The van der Waals surface area contributed by atoms with Crippen LogP contribution in [-0.4, -0.2) is 56.4 Å². The highest BCUT2D eigenvalue weighted by Gasteiger charge is 2.38. The number of hydrogen-bond donors (Lipinski definition) is 2. The highest BCUT2D eigenvalue weighted by molar-refractivity contribution is 5.75. The summed E-state index contributed by atoms with van der Waals surface area (Å²) in [5.74, 6) is 1.34. The first-order chi connectivity index (χ1) is 7.83. The van der Waals surface area contributed by atoms with Crippen LogP contribution in [0.2, 0.25) is 0 Å². The molecule has 0 saturated carbocycles. The molecule has 5 nitrogen and oxygen atoms in total. The van der Waals surface area contributed by atoms with Crippen LogP contribution in [0.15, 0.2) is 0 Å². The third-order valence-electron chi connectivity index (χ3n) is 3.93. The van der Waals surface area contributed by atoms with Gasteiger partial charge in [-0.2, -0.15) is 0 Å². The average molecular weight is 225 g/mol. The van der Waals surface area contributed by atoms with Crippen LogP contribution in [0.1, 0.15) is 6.42 Å². The number of fused-ring (bicyclic) bond motifs is 1. The lowest BCUT2D eigenvalue weighted by Crippen LogP contribution is -2.45. The van der Waals surface area contributed by atoms with Crippen molar-refractivity contribution in [2.24, 2.45) is 11.8 Å². The van der Waals surface area contributed by atoms with Gasteiger partial charge in [-0.1, -0.05) is 0 Å². The lowest BCUT2D eigenvalue weighted by molar-refractivity contribution is 0.181. The van der Waals surface area contributed by atoms with E-state index in [0.29, 0.717) is 18.4 Å². The van der Waals surface area contributed by atoms with Gasteiger partial charge >= 0.3 is 6.03 Å². The molecule has 0 spiro atoms. The Morgan fingerprint density at radius 2 is 2.06 bits per heavy atom. The molecule has 1 unspecified atom stereocenters. The molecule has 3 atom stereocenters. The van der Waals surface area contributed by atoms with Crippen molar-refractivity contribution in [1.29, 1.82) is 0 Å². The molecule has 0 aromatic heterocycles. The van der Waals surface area contributed by atoms with Gasteiger partial charge in [-0.15, -0.1) is 0 Å². The molecule has 5 heteroatoms. The van der Waals surface area contributed by atoms with Crippen molar-refractivity contribution in [3.8, 4) is 0 Å². The molecular weight excluding hydrogens is 206 g/mol. The third kappa shape index (κ3) is 1.89. The van der Waals surface area contributed by atoms with Gasteiger partial charge in [-0.05, 0) is 18.3 Å². The second-order valence-electron chi connectivity index (χ2n) is 5.09. The van der Waals surface area contributed by atoms with E-state index in [1.54, 1.807) is 0 Å². The monoisotopic (exact) mass is 225 g/mol. The maximum Gasteiger partial charge on any atom is 0.317 e. The van der Waals surface area contributed by atoms with Crippen molar-refractivity contribution in [3.63, 3.8) is 0 Å². The van der Waals surface area contributed by atoms with Gasteiger partial charge in [0, 0.05) is 32.8 Å². The fourth-order valence-corrected chi connectivity index (χ4v) is 2.94. The van der Waals surface area contributed by atoms with Crippen LogP contribution >= 0.6 is 0 Å². The Hall–Kier alpha value is -0.810. The summed E-state index contributed by atoms with van der Waals surface area (Å²) in [7, 11) is 0. The number of carbonyl (C=O) groups is 1. The zero-order chi connectivity index (χ0) is 11.0. The number of likely N-dealkylation sites (tertiary alicyclic amines) is 1. The highest BCUT2D eigenvalue weighted by Crippen LogP contribution is 2.26. The number of amides is 2. The predicted octanol–water partition coefficient (Wildman–Crippen LogP) is -0.364. The van der Waals surface area contributed by atoms with Gasteiger partial charge < -0.3 is 20.3 Å². The van der Waals surface area contributed by atoms with Crippen molar-refractivity contribution in [1.82, 2.24) is 15.5 Å². The van der Waals surface area contributed by atoms with E-state index in [-0.39, 0.29) is 12.1 Å². The van der Waals surface area contributed by atoms with E-state index in [2.05, 4.69) is 10.6 Å². The summed E-state index contributed by atoms with van der Waals surface area (Å²) in [6, 6.07) is 0.330. The Balaban J connectivity index is 1.51. The Morgan fingerprint density at radius 1 is 1.31 bits per heavy atom. The van der Waals surface area contributed by atoms with Crippen LogP contribution < -0.4 is 10.6 Å². The van der Waals surface area contributed by atoms with Crippen molar-refractivity contribution >= 4 is 6.03 Å². The van der Waals surface area contributed by atoms with Crippen LogP contribution in [0, 0.1) is 11.8 Å². The molecule has 3 saturated heterocycles. The number of rotatable bonds is 1. The number of hydrogen-bond acceptors (Lipinski definition) is 3. The van der Waals surface area contributed by atoms with E-state index in [0.717, 1.165) is 39.2 Å². The molecule has 3 fully saturated rings.